The molecular weight excluding hydrogens is 156 g/mol. The SMILES string of the molecule is S=COC=Cc1ccccc1. The zero-order valence-electron chi connectivity index (χ0n) is 5.94. The molecule has 1 rings (SSSR count). The lowest BCUT2D eigenvalue weighted by Crippen LogP contribution is -1.71. The molecule has 1 nitrogen and oxygen atoms in total. The highest BCUT2D eigenvalue weighted by Gasteiger charge is 1.80. The third kappa shape index (κ3) is 2.96. The Bertz CT molecular complexity index is 241. The molecule has 0 heterocycles. The average molecular weight is 164 g/mol. The molecule has 1 aromatic rings. The predicted octanol–water partition coefficient (Wildman–Crippen LogP) is 2.63. The number of thiocarbonyl (C=S) groups is 1. The van der Waals surface area contributed by atoms with Crippen LogP contribution < -0.4 is 0 Å². The van der Waals surface area contributed by atoms with Crippen molar-refractivity contribution in [3.63, 3.8) is 0 Å². The summed E-state index contributed by atoms with van der Waals surface area (Å²) < 4.78 is 4.75. The molecule has 0 aliphatic carbocycles. The second kappa shape index (κ2) is 4.63. The molecule has 11 heavy (non-hydrogen) atoms. The second-order valence-corrected chi connectivity index (χ2v) is 2.14. The lowest BCUT2D eigenvalue weighted by atomic mass is 10.2. The minimum atomic E-state index is 1.10. The number of benzene rings is 1. The molecule has 0 N–H and O–H groups in total. The Kier molecular flexibility index (Phi) is 3.35. The maximum atomic E-state index is 4.75. The van der Waals surface area contributed by atoms with Gasteiger partial charge in [-0.2, -0.15) is 0 Å². The number of rotatable bonds is 3. The first-order valence-electron chi connectivity index (χ1n) is 3.24. The summed E-state index contributed by atoms with van der Waals surface area (Å²) in [5.74, 6) is 0. The first-order valence-corrected chi connectivity index (χ1v) is 3.71. The Morgan fingerprint density at radius 3 is 2.55 bits per heavy atom. The fraction of sp³-hybridized carbons (Fsp3) is 0. The molecule has 0 radical (unpaired) electrons. The Morgan fingerprint density at radius 2 is 1.91 bits per heavy atom. The summed E-state index contributed by atoms with van der Waals surface area (Å²) in [5.41, 5.74) is 2.32. The molecule has 0 bridgehead atoms. The molecule has 0 amide bonds. The van der Waals surface area contributed by atoms with E-state index in [1.165, 1.54) is 5.55 Å². The fourth-order valence-corrected chi connectivity index (χ4v) is 0.778. The van der Waals surface area contributed by atoms with Crippen LogP contribution in [0.25, 0.3) is 6.08 Å². The molecule has 0 spiro atoms. The van der Waals surface area contributed by atoms with Gasteiger partial charge in [-0.15, -0.1) is 0 Å². The molecule has 0 saturated carbocycles. The molecule has 2 heteroatoms. The lowest BCUT2D eigenvalue weighted by Gasteiger charge is -1.89. The van der Waals surface area contributed by atoms with Gasteiger partial charge in [0.25, 0.3) is 0 Å². The van der Waals surface area contributed by atoms with Gasteiger partial charge < -0.3 is 4.74 Å². The van der Waals surface area contributed by atoms with Crippen molar-refractivity contribution in [3.05, 3.63) is 42.2 Å². The number of hydrogen-bond donors (Lipinski definition) is 0. The number of hydrogen-bond acceptors (Lipinski definition) is 2. The Labute approximate surface area is 71.3 Å². The maximum absolute atomic E-state index is 4.75. The van der Waals surface area contributed by atoms with Crippen molar-refractivity contribution in [2.75, 3.05) is 0 Å². The molecule has 56 valence electrons. The highest BCUT2D eigenvalue weighted by molar-refractivity contribution is 7.78. The summed E-state index contributed by atoms with van der Waals surface area (Å²) in [4.78, 5) is 0. The van der Waals surface area contributed by atoms with Crippen molar-refractivity contribution in [2.24, 2.45) is 0 Å². The number of ether oxygens (including phenoxy) is 1. The van der Waals surface area contributed by atoms with Gasteiger partial charge in [0.15, 0.2) is 5.55 Å². The van der Waals surface area contributed by atoms with E-state index in [9.17, 15) is 0 Å². The van der Waals surface area contributed by atoms with E-state index in [-0.39, 0.29) is 0 Å². The van der Waals surface area contributed by atoms with Crippen molar-refractivity contribution in [1.82, 2.24) is 0 Å². The van der Waals surface area contributed by atoms with E-state index in [0.29, 0.717) is 0 Å². The zero-order chi connectivity index (χ0) is 7.94. The molecule has 0 aliphatic rings. The van der Waals surface area contributed by atoms with Gasteiger partial charge in [0.05, 0.1) is 6.26 Å². The van der Waals surface area contributed by atoms with Crippen molar-refractivity contribution in [3.8, 4) is 0 Å². The van der Waals surface area contributed by atoms with E-state index in [0.717, 1.165) is 5.56 Å². The van der Waals surface area contributed by atoms with Crippen LogP contribution >= 0.6 is 12.2 Å². The first-order chi connectivity index (χ1) is 5.43. The van der Waals surface area contributed by atoms with Gasteiger partial charge in [0.2, 0.25) is 0 Å². The van der Waals surface area contributed by atoms with E-state index in [1.54, 1.807) is 6.26 Å². The summed E-state index contributed by atoms with van der Waals surface area (Å²) in [6, 6.07) is 9.89. The van der Waals surface area contributed by atoms with E-state index in [1.807, 2.05) is 36.4 Å². The van der Waals surface area contributed by atoms with Crippen molar-refractivity contribution in [2.45, 2.75) is 0 Å². The maximum Gasteiger partial charge on any atom is 0.153 e. The quantitative estimate of drug-likeness (QED) is 0.501. The third-order valence-electron chi connectivity index (χ3n) is 1.19. The normalized spacial score (nSPS) is 9.82. The van der Waals surface area contributed by atoms with Crippen molar-refractivity contribution >= 4 is 23.8 Å². The Balaban J connectivity index is 2.57. The van der Waals surface area contributed by atoms with Crippen LogP contribution in [0.3, 0.4) is 0 Å². The van der Waals surface area contributed by atoms with E-state index in [4.69, 9.17) is 4.74 Å². The van der Waals surface area contributed by atoms with Gasteiger partial charge in [0.1, 0.15) is 0 Å². The van der Waals surface area contributed by atoms with Crippen LogP contribution in [0.4, 0.5) is 0 Å². The van der Waals surface area contributed by atoms with Crippen LogP contribution in [0, 0.1) is 0 Å². The van der Waals surface area contributed by atoms with Crippen LogP contribution in [0.5, 0.6) is 0 Å². The van der Waals surface area contributed by atoms with Crippen LogP contribution in [0.1, 0.15) is 5.56 Å². The second-order valence-electron chi connectivity index (χ2n) is 1.95. The molecule has 0 saturated heterocycles. The smallest absolute Gasteiger partial charge is 0.153 e. The zero-order valence-corrected chi connectivity index (χ0v) is 6.75. The molecular formula is C9H8OS. The summed E-state index contributed by atoms with van der Waals surface area (Å²) in [6.07, 6.45) is 3.41. The highest BCUT2D eigenvalue weighted by Crippen LogP contribution is 2.00. The third-order valence-corrected chi connectivity index (χ3v) is 1.31. The van der Waals surface area contributed by atoms with E-state index >= 15 is 0 Å². The summed E-state index contributed by atoms with van der Waals surface area (Å²) in [7, 11) is 0. The van der Waals surface area contributed by atoms with E-state index < -0.39 is 0 Å². The standard InChI is InChI=1S/C9H8OS/c11-8-10-7-6-9-4-2-1-3-5-9/h1-8H. The minimum Gasteiger partial charge on any atom is -0.461 e. The summed E-state index contributed by atoms with van der Waals surface area (Å²) in [5, 5.41) is 0. The molecule has 0 aromatic heterocycles. The van der Waals surface area contributed by atoms with Gasteiger partial charge in [0, 0.05) is 0 Å². The van der Waals surface area contributed by atoms with Crippen molar-refractivity contribution in [1.29, 1.82) is 0 Å². The molecule has 0 fully saturated rings. The molecule has 1 aromatic carbocycles. The topological polar surface area (TPSA) is 9.23 Å². The van der Waals surface area contributed by atoms with Crippen LogP contribution in [-0.2, 0) is 4.74 Å². The summed E-state index contributed by atoms with van der Waals surface area (Å²) in [6.45, 7) is 0. The lowest BCUT2D eigenvalue weighted by molar-refractivity contribution is 0.509. The van der Waals surface area contributed by atoms with Crippen LogP contribution in [-0.4, -0.2) is 5.55 Å². The monoisotopic (exact) mass is 164 g/mol. The van der Waals surface area contributed by atoms with E-state index in [2.05, 4.69) is 12.2 Å². The van der Waals surface area contributed by atoms with Crippen LogP contribution in [0.15, 0.2) is 36.6 Å². The first kappa shape index (κ1) is 7.95. The van der Waals surface area contributed by atoms with Gasteiger partial charge >= 0.3 is 0 Å². The van der Waals surface area contributed by atoms with Crippen LogP contribution in [0.2, 0.25) is 0 Å². The van der Waals surface area contributed by atoms with Gasteiger partial charge in [-0.25, -0.2) is 0 Å². The molecule has 0 aliphatic heterocycles. The molecule has 0 unspecified atom stereocenters. The molecule has 0 atom stereocenters. The predicted molar refractivity (Wildman–Crippen MR) is 50.2 cm³/mol. The fourth-order valence-electron chi connectivity index (χ4n) is 0.714. The van der Waals surface area contributed by atoms with Crippen molar-refractivity contribution < 1.29 is 4.74 Å². The van der Waals surface area contributed by atoms with Gasteiger partial charge in [-0.05, 0) is 23.9 Å². The average Bonchev–Trinajstić information content (AvgIpc) is 2.07. The largest absolute Gasteiger partial charge is 0.461 e. The van der Waals surface area contributed by atoms with Gasteiger partial charge in [-0.3, -0.25) is 0 Å². The Hall–Kier alpha value is -1.15. The van der Waals surface area contributed by atoms with Gasteiger partial charge in [-0.1, -0.05) is 30.3 Å². The highest BCUT2D eigenvalue weighted by atomic mass is 32.1. The minimum absolute atomic E-state index is 1.10. The summed E-state index contributed by atoms with van der Waals surface area (Å²) >= 11 is 4.47. The Morgan fingerprint density at radius 1 is 1.18 bits per heavy atom.